The molecular formula is C14H28N2. The second-order valence-electron chi connectivity index (χ2n) is 5.58. The third-order valence-corrected chi connectivity index (χ3v) is 4.20. The maximum Gasteiger partial charge on any atom is 0.00794 e. The van der Waals surface area contributed by atoms with Gasteiger partial charge in [-0.3, -0.25) is 0 Å². The summed E-state index contributed by atoms with van der Waals surface area (Å²) in [7, 11) is 0. The van der Waals surface area contributed by atoms with Crippen LogP contribution >= 0.6 is 0 Å². The normalized spacial score (nSPS) is 24.8. The van der Waals surface area contributed by atoms with E-state index in [4.69, 9.17) is 0 Å². The lowest BCUT2D eigenvalue weighted by Crippen LogP contribution is -2.37. The van der Waals surface area contributed by atoms with Crippen LogP contribution in [0.15, 0.2) is 0 Å². The minimum Gasteiger partial charge on any atom is -0.313 e. The zero-order chi connectivity index (χ0) is 11.1. The summed E-state index contributed by atoms with van der Waals surface area (Å²) in [6, 6.07) is 1.64. The quantitative estimate of drug-likeness (QED) is 0.554. The van der Waals surface area contributed by atoms with E-state index in [2.05, 4.69) is 10.6 Å². The van der Waals surface area contributed by atoms with Gasteiger partial charge in [0.2, 0.25) is 0 Å². The molecule has 16 heavy (non-hydrogen) atoms. The van der Waals surface area contributed by atoms with Crippen LogP contribution in [0.4, 0.5) is 0 Å². The monoisotopic (exact) mass is 224 g/mol. The number of rotatable bonds is 5. The molecule has 2 nitrogen and oxygen atoms in total. The lowest BCUT2D eigenvalue weighted by atomic mass is 10.1. The van der Waals surface area contributed by atoms with Gasteiger partial charge in [-0.2, -0.15) is 0 Å². The minimum absolute atomic E-state index is 0.813. The van der Waals surface area contributed by atoms with Crippen molar-refractivity contribution < 1.29 is 0 Å². The van der Waals surface area contributed by atoms with Crippen LogP contribution in [-0.4, -0.2) is 25.2 Å². The summed E-state index contributed by atoms with van der Waals surface area (Å²) in [6.45, 7) is 2.34. The first-order valence-corrected chi connectivity index (χ1v) is 7.42. The molecule has 0 spiro atoms. The Bertz CT molecular complexity index is 168. The molecule has 2 fully saturated rings. The van der Waals surface area contributed by atoms with Crippen LogP contribution in [0.5, 0.6) is 0 Å². The van der Waals surface area contributed by atoms with Crippen LogP contribution in [0, 0.1) is 0 Å². The molecule has 0 unspecified atom stereocenters. The standard InChI is InChI=1S/C14H28N2/c1-2-4-8-13(7-3-1)15-11-12-16-14-9-5-6-10-14/h13-16H,1-12H2. The van der Waals surface area contributed by atoms with Gasteiger partial charge in [0.05, 0.1) is 0 Å². The number of hydrogen-bond donors (Lipinski definition) is 2. The Morgan fingerprint density at radius 1 is 0.562 bits per heavy atom. The molecule has 94 valence electrons. The smallest absolute Gasteiger partial charge is 0.00794 e. The van der Waals surface area contributed by atoms with Crippen molar-refractivity contribution in [3.63, 3.8) is 0 Å². The van der Waals surface area contributed by atoms with Gasteiger partial charge in [-0.25, -0.2) is 0 Å². The Hall–Kier alpha value is -0.0800. The minimum atomic E-state index is 0.813. The van der Waals surface area contributed by atoms with E-state index in [0.29, 0.717) is 0 Å². The molecule has 0 aromatic carbocycles. The molecule has 0 atom stereocenters. The fourth-order valence-corrected chi connectivity index (χ4v) is 3.17. The molecular weight excluding hydrogens is 196 g/mol. The van der Waals surface area contributed by atoms with Gasteiger partial charge in [0, 0.05) is 25.2 Å². The summed E-state index contributed by atoms with van der Waals surface area (Å²) >= 11 is 0. The van der Waals surface area contributed by atoms with Crippen molar-refractivity contribution >= 4 is 0 Å². The van der Waals surface area contributed by atoms with E-state index in [1.165, 1.54) is 77.3 Å². The predicted octanol–water partition coefficient (Wildman–Crippen LogP) is 2.83. The summed E-state index contributed by atoms with van der Waals surface area (Å²) in [5.74, 6) is 0. The lowest BCUT2D eigenvalue weighted by Gasteiger charge is -2.17. The van der Waals surface area contributed by atoms with Crippen LogP contribution in [-0.2, 0) is 0 Å². The van der Waals surface area contributed by atoms with Crippen molar-refractivity contribution in [2.75, 3.05) is 13.1 Å². The number of hydrogen-bond acceptors (Lipinski definition) is 2. The second kappa shape index (κ2) is 7.29. The van der Waals surface area contributed by atoms with E-state index in [1.807, 2.05) is 0 Å². The molecule has 0 amide bonds. The van der Waals surface area contributed by atoms with Crippen LogP contribution in [0.3, 0.4) is 0 Å². The summed E-state index contributed by atoms with van der Waals surface area (Å²) in [5.41, 5.74) is 0. The van der Waals surface area contributed by atoms with E-state index in [1.54, 1.807) is 0 Å². The Labute approximate surface area is 101 Å². The van der Waals surface area contributed by atoms with Gasteiger partial charge in [-0.15, -0.1) is 0 Å². The van der Waals surface area contributed by atoms with Crippen molar-refractivity contribution in [2.24, 2.45) is 0 Å². The van der Waals surface area contributed by atoms with Gasteiger partial charge in [0.1, 0.15) is 0 Å². The highest BCUT2D eigenvalue weighted by Gasteiger charge is 2.14. The fraction of sp³-hybridized carbons (Fsp3) is 1.00. The molecule has 0 heterocycles. The maximum atomic E-state index is 3.72. The fourth-order valence-electron chi connectivity index (χ4n) is 3.17. The summed E-state index contributed by atoms with van der Waals surface area (Å²) < 4.78 is 0. The van der Waals surface area contributed by atoms with E-state index >= 15 is 0 Å². The molecule has 0 aromatic rings. The molecule has 2 saturated carbocycles. The topological polar surface area (TPSA) is 24.1 Å². The van der Waals surface area contributed by atoms with Crippen LogP contribution in [0.1, 0.15) is 64.2 Å². The molecule has 0 aliphatic heterocycles. The van der Waals surface area contributed by atoms with Crippen molar-refractivity contribution in [2.45, 2.75) is 76.3 Å². The number of nitrogens with one attached hydrogen (secondary N) is 2. The van der Waals surface area contributed by atoms with E-state index < -0.39 is 0 Å². The molecule has 2 N–H and O–H groups in total. The third-order valence-electron chi connectivity index (χ3n) is 4.20. The third kappa shape index (κ3) is 4.42. The van der Waals surface area contributed by atoms with Gasteiger partial charge in [0.15, 0.2) is 0 Å². The van der Waals surface area contributed by atoms with Gasteiger partial charge in [-0.1, -0.05) is 38.5 Å². The molecule has 2 rings (SSSR count). The summed E-state index contributed by atoms with van der Waals surface area (Å²) in [6.07, 6.45) is 14.3. The maximum absolute atomic E-state index is 3.72. The van der Waals surface area contributed by atoms with Gasteiger partial charge in [0.25, 0.3) is 0 Å². The molecule has 0 saturated heterocycles. The Morgan fingerprint density at radius 3 is 1.38 bits per heavy atom. The Balaban J connectivity index is 1.49. The van der Waals surface area contributed by atoms with Crippen LogP contribution in [0.2, 0.25) is 0 Å². The average Bonchev–Trinajstić information content (AvgIpc) is 2.68. The van der Waals surface area contributed by atoms with Crippen LogP contribution < -0.4 is 10.6 Å². The van der Waals surface area contributed by atoms with Crippen molar-refractivity contribution in [3.8, 4) is 0 Å². The molecule has 2 aliphatic carbocycles. The summed E-state index contributed by atoms with van der Waals surface area (Å²) in [4.78, 5) is 0. The summed E-state index contributed by atoms with van der Waals surface area (Å²) in [5, 5.41) is 7.40. The van der Waals surface area contributed by atoms with Crippen LogP contribution in [0.25, 0.3) is 0 Å². The molecule has 2 aliphatic rings. The van der Waals surface area contributed by atoms with E-state index in [0.717, 1.165) is 12.1 Å². The van der Waals surface area contributed by atoms with Gasteiger partial charge >= 0.3 is 0 Å². The first-order valence-electron chi connectivity index (χ1n) is 7.42. The second-order valence-corrected chi connectivity index (χ2v) is 5.58. The van der Waals surface area contributed by atoms with E-state index in [9.17, 15) is 0 Å². The average molecular weight is 224 g/mol. The van der Waals surface area contributed by atoms with Crippen molar-refractivity contribution in [1.29, 1.82) is 0 Å². The molecule has 0 aromatic heterocycles. The van der Waals surface area contributed by atoms with Crippen molar-refractivity contribution in [3.05, 3.63) is 0 Å². The molecule has 0 radical (unpaired) electrons. The van der Waals surface area contributed by atoms with Gasteiger partial charge in [-0.05, 0) is 25.7 Å². The highest BCUT2D eigenvalue weighted by atomic mass is 15.0. The Morgan fingerprint density at radius 2 is 0.938 bits per heavy atom. The first kappa shape index (κ1) is 12.4. The largest absolute Gasteiger partial charge is 0.313 e. The predicted molar refractivity (Wildman–Crippen MR) is 69.8 cm³/mol. The Kier molecular flexibility index (Phi) is 5.64. The highest BCUT2D eigenvalue weighted by Crippen LogP contribution is 2.18. The molecule has 0 bridgehead atoms. The zero-order valence-electron chi connectivity index (χ0n) is 10.6. The highest BCUT2D eigenvalue weighted by molar-refractivity contribution is 4.75. The first-order chi connectivity index (χ1) is 7.95. The van der Waals surface area contributed by atoms with Gasteiger partial charge < -0.3 is 10.6 Å². The lowest BCUT2D eigenvalue weighted by molar-refractivity contribution is 0.438. The van der Waals surface area contributed by atoms with Crippen molar-refractivity contribution in [1.82, 2.24) is 10.6 Å². The van der Waals surface area contributed by atoms with E-state index in [-0.39, 0.29) is 0 Å². The molecule has 2 heteroatoms. The SMILES string of the molecule is C1CCCC(NCCNC2CCCC2)CC1. The zero-order valence-corrected chi connectivity index (χ0v) is 10.6.